The Morgan fingerprint density at radius 2 is 1.98 bits per heavy atom. The van der Waals surface area contributed by atoms with Crippen LogP contribution in [-0.2, 0) is 28.7 Å². The molecule has 1 unspecified atom stereocenters. The third kappa shape index (κ3) is 7.05. The number of hydrogen-bond donors (Lipinski definition) is 2. The molecule has 11 heteroatoms. The fourth-order valence-corrected chi connectivity index (χ4v) is 7.99. The van der Waals surface area contributed by atoms with Gasteiger partial charge in [0.25, 0.3) is 0 Å². The average Bonchev–Trinajstić information content (AvgIpc) is 3.62. The standard InChI is InChI=1S/C34H46BrN3O7/c1-5-8-13-18-37(17-7-3)32(42)30-34-19-24(35)29(45-34)27(33(43)44-22(4)20-36-26(40)16-9-6-2)28(34)31(41)38(30)25(21-39)23-14-11-10-12-15-23/h6-7,10-12,14-15,22,24-25,27-30,39H,2-3,5,8-9,13,16-21H2,1,4H3,(H,36,40)/t22-,24?,25-,27+,28-,29+,30+,34-/m1/s1. The van der Waals surface area contributed by atoms with Gasteiger partial charge in [-0.25, -0.2) is 0 Å². The van der Waals surface area contributed by atoms with Gasteiger partial charge in [0.15, 0.2) is 0 Å². The van der Waals surface area contributed by atoms with E-state index >= 15 is 0 Å². The summed E-state index contributed by atoms with van der Waals surface area (Å²) in [4.78, 5) is 57.9. The number of rotatable bonds is 17. The first-order chi connectivity index (χ1) is 21.6. The minimum atomic E-state index is -1.30. The molecular formula is C34H46BrN3O7. The summed E-state index contributed by atoms with van der Waals surface area (Å²) in [7, 11) is 0. The van der Waals surface area contributed by atoms with Crippen molar-refractivity contribution >= 4 is 39.6 Å². The van der Waals surface area contributed by atoms with Crippen LogP contribution in [0.2, 0.25) is 0 Å². The van der Waals surface area contributed by atoms with E-state index in [1.165, 1.54) is 4.90 Å². The molecule has 3 heterocycles. The monoisotopic (exact) mass is 687 g/mol. The van der Waals surface area contributed by atoms with Gasteiger partial charge in [0.2, 0.25) is 17.7 Å². The highest BCUT2D eigenvalue weighted by Crippen LogP contribution is 2.61. The predicted molar refractivity (Wildman–Crippen MR) is 173 cm³/mol. The topological polar surface area (TPSA) is 125 Å². The number of halogens is 1. The SMILES string of the molecule is C=CCCC(=O)NC[C@@H](C)OC(=O)[C@@H]1[C@H]2O[C@@]3(CC2Br)[C@H](C(=O)N(CC=C)CCCCC)N([C@H](CO)c2ccccc2)C(=O)[C@@H]13. The lowest BCUT2D eigenvalue weighted by molar-refractivity contribution is -0.160. The molecule has 3 saturated heterocycles. The molecule has 3 fully saturated rings. The molecule has 3 aliphatic rings. The summed E-state index contributed by atoms with van der Waals surface area (Å²) in [5.41, 5.74) is -0.626. The summed E-state index contributed by atoms with van der Waals surface area (Å²) < 4.78 is 12.4. The first-order valence-corrected chi connectivity index (χ1v) is 16.8. The molecule has 0 radical (unpaired) electrons. The van der Waals surface area contributed by atoms with Crippen LogP contribution in [0.15, 0.2) is 55.6 Å². The summed E-state index contributed by atoms with van der Waals surface area (Å²) in [6, 6.07) is 7.20. The average molecular weight is 689 g/mol. The smallest absolute Gasteiger partial charge is 0.312 e. The third-order valence-corrected chi connectivity index (χ3v) is 9.94. The number of allylic oxidation sites excluding steroid dienone is 1. The maximum absolute atomic E-state index is 14.6. The minimum Gasteiger partial charge on any atom is -0.460 e. The van der Waals surface area contributed by atoms with Gasteiger partial charge in [0.05, 0.1) is 37.1 Å². The van der Waals surface area contributed by atoms with E-state index in [1.54, 1.807) is 24.0 Å². The number of hydrogen-bond acceptors (Lipinski definition) is 7. The number of fused-ring (bicyclic) bond motifs is 1. The maximum atomic E-state index is 14.6. The fraction of sp³-hybridized carbons (Fsp3) is 0.588. The van der Waals surface area contributed by atoms with Crippen molar-refractivity contribution in [3.05, 3.63) is 61.2 Å². The lowest BCUT2D eigenvalue weighted by Crippen LogP contribution is -2.57. The molecule has 10 nitrogen and oxygen atoms in total. The van der Waals surface area contributed by atoms with Gasteiger partial charge in [-0.15, -0.1) is 13.2 Å². The summed E-state index contributed by atoms with van der Waals surface area (Å²) in [5, 5.41) is 13.4. The van der Waals surface area contributed by atoms with Crippen LogP contribution in [0.5, 0.6) is 0 Å². The quantitative estimate of drug-likeness (QED) is 0.111. The molecule has 1 aromatic carbocycles. The van der Waals surface area contributed by atoms with E-state index in [0.29, 0.717) is 31.5 Å². The number of likely N-dealkylation sites (tertiary alicyclic amines) is 1. The lowest BCUT2D eigenvalue weighted by atomic mass is 9.70. The van der Waals surface area contributed by atoms with Crippen LogP contribution < -0.4 is 5.32 Å². The molecule has 3 amide bonds. The van der Waals surface area contributed by atoms with Crippen LogP contribution in [0.3, 0.4) is 0 Å². The molecule has 2 N–H and O–H groups in total. The van der Waals surface area contributed by atoms with Crippen molar-refractivity contribution in [2.45, 2.75) is 87.1 Å². The van der Waals surface area contributed by atoms with Gasteiger partial charge in [-0.3, -0.25) is 19.2 Å². The van der Waals surface area contributed by atoms with Crippen molar-refractivity contribution in [2.75, 3.05) is 26.2 Å². The van der Waals surface area contributed by atoms with Gasteiger partial charge in [-0.1, -0.05) is 78.2 Å². The maximum Gasteiger partial charge on any atom is 0.312 e. The van der Waals surface area contributed by atoms with Crippen LogP contribution in [0.4, 0.5) is 0 Å². The van der Waals surface area contributed by atoms with E-state index in [-0.39, 0.29) is 29.6 Å². The summed E-state index contributed by atoms with van der Waals surface area (Å²) in [5.74, 6) is -3.46. The number of carbonyl (C=O) groups excluding carboxylic acids is 4. The highest BCUT2D eigenvalue weighted by Gasteiger charge is 2.77. The number of aliphatic hydroxyl groups is 1. The van der Waals surface area contributed by atoms with Gasteiger partial charge in [0, 0.05) is 24.3 Å². The van der Waals surface area contributed by atoms with E-state index in [2.05, 4.69) is 41.3 Å². The third-order valence-electron chi connectivity index (χ3n) is 9.10. The van der Waals surface area contributed by atoms with Crippen molar-refractivity contribution in [3.8, 4) is 0 Å². The lowest BCUT2D eigenvalue weighted by Gasteiger charge is -2.39. The predicted octanol–water partition coefficient (Wildman–Crippen LogP) is 3.69. The van der Waals surface area contributed by atoms with Crippen molar-refractivity contribution in [1.82, 2.24) is 15.1 Å². The molecule has 1 aromatic rings. The Balaban J connectivity index is 1.68. The number of ether oxygens (including phenoxy) is 2. The summed E-state index contributed by atoms with van der Waals surface area (Å²) in [6.45, 7) is 11.7. The van der Waals surface area contributed by atoms with Crippen LogP contribution in [-0.4, -0.2) is 93.5 Å². The Morgan fingerprint density at radius 1 is 1.24 bits per heavy atom. The van der Waals surface area contributed by atoms with Crippen LogP contribution in [0.25, 0.3) is 0 Å². The zero-order valence-corrected chi connectivity index (χ0v) is 27.8. The highest BCUT2D eigenvalue weighted by molar-refractivity contribution is 9.09. The molecule has 8 atom stereocenters. The number of carbonyl (C=O) groups is 4. The first kappa shape index (κ1) is 34.8. The minimum absolute atomic E-state index is 0.115. The van der Waals surface area contributed by atoms with E-state index in [9.17, 15) is 24.3 Å². The van der Waals surface area contributed by atoms with E-state index in [1.807, 2.05) is 30.3 Å². The number of esters is 1. The Morgan fingerprint density at radius 3 is 2.62 bits per heavy atom. The largest absolute Gasteiger partial charge is 0.460 e. The van der Waals surface area contributed by atoms with Gasteiger partial charge in [-0.05, 0) is 31.7 Å². The molecule has 246 valence electrons. The Bertz CT molecular complexity index is 1250. The van der Waals surface area contributed by atoms with Crippen molar-refractivity contribution in [2.24, 2.45) is 11.8 Å². The number of amides is 3. The van der Waals surface area contributed by atoms with Crippen molar-refractivity contribution < 1.29 is 33.8 Å². The van der Waals surface area contributed by atoms with E-state index in [4.69, 9.17) is 9.47 Å². The molecule has 2 bridgehead atoms. The number of aliphatic hydroxyl groups excluding tert-OH is 1. The van der Waals surface area contributed by atoms with Gasteiger partial charge in [-0.2, -0.15) is 0 Å². The van der Waals surface area contributed by atoms with Crippen LogP contribution >= 0.6 is 15.9 Å². The van der Waals surface area contributed by atoms with Crippen LogP contribution in [0.1, 0.15) is 64.0 Å². The van der Waals surface area contributed by atoms with Gasteiger partial charge in [0.1, 0.15) is 17.7 Å². The first-order valence-electron chi connectivity index (χ1n) is 15.9. The Labute approximate surface area is 274 Å². The Kier molecular flexibility index (Phi) is 12.0. The summed E-state index contributed by atoms with van der Waals surface area (Å²) in [6.07, 6.45) is 5.85. The molecule has 0 aliphatic carbocycles. The molecular weight excluding hydrogens is 642 g/mol. The van der Waals surface area contributed by atoms with Gasteiger partial charge < -0.3 is 29.7 Å². The molecule has 3 aliphatic heterocycles. The molecule has 0 aromatic heterocycles. The number of benzene rings is 1. The molecule has 4 rings (SSSR count). The Hall–Kier alpha value is -3.02. The number of nitrogens with zero attached hydrogens (tertiary/aromatic N) is 2. The second-order valence-electron chi connectivity index (χ2n) is 12.2. The number of unbranched alkanes of at least 4 members (excludes halogenated alkanes) is 2. The molecule has 0 saturated carbocycles. The molecule has 45 heavy (non-hydrogen) atoms. The van der Waals surface area contributed by atoms with Crippen molar-refractivity contribution in [1.29, 1.82) is 0 Å². The van der Waals surface area contributed by atoms with Crippen molar-refractivity contribution in [3.63, 3.8) is 0 Å². The highest BCUT2D eigenvalue weighted by atomic mass is 79.9. The molecule has 1 spiro atoms. The number of alkyl halides is 1. The number of nitrogens with one attached hydrogen (secondary N) is 1. The zero-order valence-electron chi connectivity index (χ0n) is 26.2. The van der Waals surface area contributed by atoms with E-state index < -0.39 is 60.2 Å². The zero-order chi connectivity index (χ0) is 32.7. The summed E-state index contributed by atoms with van der Waals surface area (Å²) >= 11 is 3.69. The fourth-order valence-electron chi connectivity index (χ4n) is 7.05. The normalized spacial score (nSPS) is 27.9. The second kappa shape index (κ2) is 15.5. The second-order valence-corrected chi connectivity index (χ2v) is 13.4. The van der Waals surface area contributed by atoms with E-state index in [0.717, 1.165) is 19.3 Å². The van der Waals surface area contributed by atoms with Crippen LogP contribution in [0, 0.1) is 11.8 Å². The van der Waals surface area contributed by atoms with Gasteiger partial charge >= 0.3 is 5.97 Å².